The molecule has 1 saturated carbocycles. The Labute approximate surface area is 120 Å². The summed E-state index contributed by atoms with van der Waals surface area (Å²) in [7, 11) is 0. The van der Waals surface area contributed by atoms with E-state index in [9.17, 15) is 4.79 Å². The van der Waals surface area contributed by atoms with Crippen LogP contribution in [0.2, 0.25) is 0 Å². The summed E-state index contributed by atoms with van der Waals surface area (Å²) < 4.78 is 5.57. The smallest absolute Gasteiger partial charge is 0.223 e. The Bertz CT molecular complexity index is 433. The standard InChI is InChI=1S/C16H24N2O2/c1-12(13-6-7-13)16(19)17-11-14(15-5-4-10-20-15)18-8-2-3-9-18/h4-5,10,12-14H,2-3,6-9,11H2,1H3,(H,17,19). The highest BCUT2D eigenvalue weighted by Gasteiger charge is 2.33. The Kier molecular flexibility index (Phi) is 4.10. The Balaban J connectivity index is 1.59. The van der Waals surface area contributed by atoms with E-state index in [0.717, 1.165) is 18.8 Å². The maximum absolute atomic E-state index is 12.2. The number of nitrogens with one attached hydrogen (secondary N) is 1. The van der Waals surface area contributed by atoms with Crippen molar-refractivity contribution in [2.24, 2.45) is 11.8 Å². The van der Waals surface area contributed by atoms with E-state index in [1.165, 1.54) is 25.7 Å². The van der Waals surface area contributed by atoms with Crippen LogP contribution in [-0.4, -0.2) is 30.4 Å². The highest BCUT2D eigenvalue weighted by molar-refractivity contribution is 5.78. The molecule has 1 amide bonds. The summed E-state index contributed by atoms with van der Waals surface area (Å²) in [4.78, 5) is 14.6. The van der Waals surface area contributed by atoms with Crippen molar-refractivity contribution in [3.63, 3.8) is 0 Å². The molecule has 1 saturated heterocycles. The molecular formula is C16H24N2O2. The zero-order valence-corrected chi connectivity index (χ0v) is 12.2. The zero-order chi connectivity index (χ0) is 13.9. The molecule has 2 aliphatic rings. The number of hydrogen-bond donors (Lipinski definition) is 1. The number of amides is 1. The highest BCUT2D eigenvalue weighted by Crippen LogP contribution is 2.36. The zero-order valence-electron chi connectivity index (χ0n) is 12.2. The predicted molar refractivity (Wildman–Crippen MR) is 77.2 cm³/mol. The van der Waals surface area contributed by atoms with E-state index in [1.807, 2.05) is 19.1 Å². The number of carbonyl (C=O) groups is 1. The first kappa shape index (κ1) is 13.7. The lowest BCUT2D eigenvalue weighted by molar-refractivity contribution is -0.125. The van der Waals surface area contributed by atoms with Gasteiger partial charge in [-0.05, 0) is 56.8 Å². The molecule has 1 aromatic rings. The van der Waals surface area contributed by atoms with Gasteiger partial charge in [-0.3, -0.25) is 9.69 Å². The summed E-state index contributed by atoms with van der Waals surface area (Å²) >= 11 is 0. The van der Waals surface area contributed by atoms with Gasteiger partial charge in [0.1, 0.15) is 5.76 Å². The third-order valence-electron chi connectivity index (χ3n) is 4.67. The van der Waals surface area contributed by atoms with Crippen LogP contribution in [0.15, 0.2) is 22.8 Å². The van der Waals surface area contributed by atoms with Gasteiger partial charge in [-0.15, -0.1) is 0 Å². The fourth-order valence-electron chi connectivity index (χ4n) is 3.11. The Morgan fingerprint density at radius 1 is 1.45 bits per heavy atom. The molecule has 1 aromatic heterocycles. The fraction of sp³-hybridized carbons (Fsp3) is 0.688. The average Bonchev–Trinajstić information content (AvgIpc) is 2.94. The Hall–Kier alpha value is -1.29. The van der Waals surface area contributed by atoms with Crippen LogP contribution in [0.3, 0.4) is 0 Å². The van der Waals surface area contributed by atoms with E-state index < -0.39 is 0 Å². The van der Waals surface area contributed by atoms with Crippen molar-refractivity contribution in [2.45, 2.75) is 38.6 Å². The second-order valence-electron chi connectivity index (χ2n) is 6.15. The first-order valence-electron chi connectivity index (χ1n) is 7.81. The normalized spacial score (nSPS) is 22.6. The molecule has 2 unspecified atom stereocenters. The van der Waals surface area contributed by atoms with E-state index in [0.29, 0.717) is 12.5 Å². The van der Waals surface area contributed by atoms with Crippen LogP contribution in [0.1, 0.15) is 44.4 Å². The van der Waals surface area contributed by atoms with Crippen molar-refractivity contribution in [1.82, 2.24) is 10.2 Å². The molecule has 0 bridgehead atoms. The van der Waals surface area contributed by atoms with Gasteiger partial charge < -0.3 is 9.73 Å². The second kappa shape index (κ2) is 6.00. The molecule has 4 heteroatoms. The van der Waals surface area contributed by atoms with Crippen molar-refractivity contribution in [3.8, 4) is 0 Å². The molecule has 4 nitrogen and oxygen atoms in total. The minimum Gasteiger partial charge on any atom is -0.468 e. The molecular weight excluding hydrogens is 252 g/mol. The van der Waals surface area contributed by atoms with Crippen molar-refractivity contribution < 1.29 is 9.21 Å². The van der Waals surface area contributed by atoms with Gasteiger partial charge in [-0.25, -0.2) is 0 Å². The summed E-state index contributed by atoms with van der Waals surface area (Å²) in [5.41, 5.74) is 0. The van der Waals surface area contributed by atoms with Crippen molar-refractivity contribution in [1.29, 1.82) is 0 Å². The second-order valence-corrected chi connectivity index (χ2v) is 6.15. The quantitative estimate of drug-likeness (QED) is 0.868. The monoisotopic (exact) mass is 276 g/mol. The summed E-state index contributed by atoms with van der Waals surface area (Å²) in [5, 5.41) is 3.13. The summed E-state index contributed by atoms with van der Waals surface area (Å²) in [6, 6.07) is 4.12. The van der Waals surface area contributed by atoms with Gasteiger partial charge in [0.05, 0.1) is 12.3 Å². The summed E-state index contributed by atoms with van der Waals surface area (Å²) in [6.07, 6.45) is 6.62. The first-order chi connectivity index (χ1) is 9.75. The van der Waals surface area contributed by atoms with Crippen LogP contribution in [0.25, 0.3) is 0 Å². The Morgan fingerprint density at radius 3 is 2.80 bits per heavy atom. The average molecular weight is 276 g/mol. The van der Waals surface area contributed by atoms with Gasteiger partial charge in [0.25, 0.3) is 0 Å². The van der Waals surface area contributed by atoms with E-state index in [-0.39, 0.29) is 17.9 Å². The van der Waals surface area contributed by atoms with Crippen molar-refractivity contribution >= 4 is 5.91 Å². The SMILES string of the molecule is CC(C(=O)NCC(c1ccco1)N1CCCC1)C1CC1. The van der Waals surface area contributed by atoms with Gasteiger partial charge in [0, 0.05) is 12.5 Å². The van der Waals surface area contributed by atoms with Crippen molar-refractivity contribution in [3.05, 3.63) is 24.2 Å². The van der Waals surface area contributed by atoms with Gasteiger partial charge in [-0.2, -0.15) is 0 Å². The number of furan rings is 1. The first-order valence-corrected chi connectivity index (χ1v) is 7.81. The lowest BCUT2D eigenvalue weighted by Gasteiger charge is -2.26. The predicted octanol–water partition coefficient (Wildman–Crippen LogP) is 2.58. The minimum atomic E-state index is 0.158. The molecule has 1 aliphatic heterocycles. The minimum absolute atomic E-state index is 0.158. The van der Waals surface area contributed by atoms with E-state index in [4.69, 9.17) is 4.42 Å². The molecule has 2 heterocycles. The molecule has 0 spiro atoms. The highest BCUT2D eigenvalue weighted by atomic mass is 16.3. The van der Waals surface area contributed by atoms with Crippen LogP contribution in [0.5, 0.6) is 0 Å². The molecule has 110 valence electrons. The van der Waals surface area contributed by atoms with Crippen LogP contribution in [-0.2, 0) is 4.79 Å². The molecule has 1 aliphatic carbocycles. The lowest BCUT2D eigenvalue weighted by Crippen LogP contribution is -2.39. The maximum Gasteiger partial charge on any atom is 0.223 e. The molecule has 0 radical (unpaired) electrons. The molecule has 1 N–H and O–H groups in total. The molecule has 2 fully saturated rings. The molecule has 2 atom stereocenters. The number of nitrogens with zero attached hydrogens (tertiary/aromatic N) is 1. The van der Waals surface area contributed by atoms with Gasteiger partial charge in [0.2, 0.25) is 5.91 Å². The van der Waals surface area contributed by atoms with Crippen LogP contribution < -0.4 is 5.32 Å². The van der Waals surface area contributed by atoms with E-state index >= 15 is 0 Å². The molecule has 0 aromatic carbocycles. The lowest BCUT2D eigenvalue weighted by atomic mass is 10.1. The van der Waals surface area contributed by atoms with Crippen LogP contribution >= 0.6 is 0 Å². The van der Waals surface area contributed by atoms with Gasteiger partial charge >= 0.3 is 0 Å². The topological polar surface area (TPSA) is 45.5 Å². The van der Waals surface area contributed by atoms with E-state index in [1.54, 1.807) is 6.26 Å². The number of rotatable bonds is 6. The fourth-order valence-corrected chi connectivity index (χ4v) is 3.11. The number of carbonyl (C=O) groups excluding carboxylic acids is 1. The Morgan fingerprint density at radius 2 is 2.20 bits per heavy atom. The third-order valence-corrected chi connectivity index (χ3v) is 4.67. The largest absolute Gasteiger partial charge is 0.468 e. The van der Waals surface area contributed by atoms with Crippen molar-refractivity contribution in [2.75, 3.05) is 19.6 Å². The summed E-state index contributed by atoms with van der Waals surface area (Å²) in [5.74, 6) is 1.93. The maximum atomic E-state index is 12.2. The number of likely N-dealkylation sites (tertiary alicyclic amines) is 1. The number of hydrogen-bond acceptors (Lipinski definition) is 3. The summed E-state index contributed by atoms with van der Waals surface area (Å²) in [6.45, 7) is 4.90. The molecule has 3 rings (SSSR count). The van der Waals surface area contributed by atoms with Gasteiger partial charge in [-0.1, -0.05) is 6.92 Å². The third kappa shape index (κ3) is 3.06. The molecule has 20 heavy (non-hydrogen) atoms. The van der Waals surface area contributed by atoms with E-state index in [2.05, 4.69) is 10.2 Å². The van der Waals surface area contributed by atoms with Gasteiger partial charge in [0.15, 0.2) is 0 Å². The van der Waals surface area contributed by atoms with Crippen LogP contribution in [0.4, 0.5) is 0 Å². The van der Waals surface area contributed by atoms with Crippen LogP contribution in [0, 0.1) is 11.8 Å².